The van der Waals surface area contributed by atoms with Crippen LogP contribution in [0.1, 0.15) is 17.1 Å². The maximum atomic E-state index is 4.51. The lowest BCUT2D eigenvalue weighted by Gasteiger charge is -2.19. The van der Waals surface area contributed by atoms with Crippen molar-refractivity contribution in [3.8, 4) is 0 Å². The molecule has 0 spiro atoms. The van der Waals surface area contributed by atoms with Gasteiger partial charge in [-0.3, -0.25) is 34.8 Å². The van der Waals surface area contributed by atoms with Gasteiger partial charge in [-0.05, 0) is 36.4 Å². The van der Waals surface area contributed by atoms with Crippen LogP contribution in [0.2, 0.25) is 0 Å². The summed E-state index contributed by atoms with van der Waals surface area (Å²) in [5, 5.41) is 0. The molecule has 0 radical (unpaired) electrons. The van der Waals surface area contributed by atoms with Gasteiger partial charge in [0.05, 0.1) is 36.7 Å². The molecule has 0 amide bonds. The van der Waals surface area contributed by atoms with Gasteiger partial charge < -0.3 is 0 Å². The number of hydrogen-bond acceptors (Lipinski definition) is 7. The highest BCUT2D eigenvalue weighted by Gasteiger charge is 2.03. The lowest BCUT2D eigenvalue weighted by atomic mass is 10.3. The van der Waals surface area contributed by atoms with Gasteiger partial charge in [0, 0.05) is 56.9 Å². The van der Waals surface area contributed by atoms with Crippen molar-refractivity contribution in [2.45, 2.75) is 0 Å². The van der Waals surface area contributed by atoms with Gasteiger partial charge in [0.1, 0.15) is 0 Å². The highest BCUT2D eigenvalue weighted by Crippen LogP contribution is 1.94. The van der Waals surface area contributed by atoms with E-state index < -0.39 is 0 Å². The molecule has 0 aromatic carbocycles. The normalized spacial score (nSPS) is 11.9. The Morgan fingerprint density at radius 2 is 0.903 bits per heavy atom. The number of pyridine rings is 3. The van der Waals surface area contributed by atoms with Crippen molar-refractivity contribution in [2.24, 2.45) is 15.0 Å². The van der Waals surface area contributed by atoms with Crippen molar-refractivity contribution >= 4 is 18.6 Å². The van der Waals surface area contributed by atoms with Gasteiger partial charge in [0.15, 0.2) is 0 Å². The molecule has 31 heavy (non-hydrogen) atoms. The standard InChI is InChI=1S/C24H27N7/c1-4-10-28-22(7-1)19-25-13-16-31(17-14-26-20-23-8-2-5-11-29-23)18-15-27-21-24-9-3-6-12-30-24/h1-12,19-21H,13-18H2. The predicted molar refractivity (Wildman–Crippen MR) is 127 cm³/mol. The van der Waals surface area contributed by atoms with Crippen molar-refractivity contribution in [3.63, 3.8) is 0 Å². The Kier molecular flexibility index (Phi) is 9.71. The van der Waals surface area contributed by atoms with E-state index in [1.54, 1.807) is 18.6 Å². The number of aromatic nitrogens is 3. The van der Waals surface area contributed by atoms with Gasteiger partial charge in [-0.15, -0.1) is 0 Å². The molecule has 0 unspecified atom stereocenters. The Hall–Kier alpha value is -3.58. The Labute approximate surface area is 183 Å². The average molecular weight is 414 g/mol. The van der Waals surface area contributed by atoms with E-state index in [1.165, 1.54) is 0 Å². The van der Waals surface area contributed by atoms with Gasteiger partial charge >= 0.3 is 0 Å². The highest BCUT2D eigenvalue weighted by atomic mass is 15.1. The molecule has 0 fully saturated rings. The van der Waals surface area contributed by atoms with Crippen LogP contribution in [0.25, 0.3) is 0 Å². The molecule has 0 aliphatic rings. The summed E-state index contributed by atoms with van der Waals surface area (Å²) < 4.78 is 0. The zero-order valence-electron chi connectivity index (χ0n) is 17.5. The quantitative estimate of drug-likeness (QED) is 0.428. The van der Waals surface area contributed by atoms with Crippen LogP contribution in [-0.4, -0.2) is 77.8 Å². The van der Waals surface area contributed by atoms with Gasteiger partial charge in [-0.1, -0.05) is 18.2 Å². The molecule has 3 rings (SSSR count). The number of nitrogens with zero attached hydrogens (tertiary/aromatic N) is 7. The molecule has 158 valence electrons. The number of rotatable bonds is 12. The molecule has 0 aliphatic heterocycles. The van der Waals surface area contributed by atoms with E-state index >= 15 is 0 Å². The van der Waals surface area contributed by atoms with Gasteiger partial charge in [0.25, 0.3) is 0 Å². The summed E-state index contributed by atoms with van der Waals surface area (Å²) in [4.78, 5) is 28.6. The molecule has 0 saturated heterocycles. The minimum atomic E-state index is 0.699. The van der Waals surface area contributed by atoms with E-state index in [0.29, 0.717) is 19.6 Å². The van der Waals surface area contributed by atoms with Crippen LogP contribution in [0.15, 0.2) is 88.2 Å². The minimum Gasteiger partial charge on any atom is -0.298 e. The second-order valence-electron chi connectivity index (χ2n) is 6.71. The third kappa shape index (κ3) is 9.18. The maximum Gasteiger partial charge on any atom is 0.0807 e. The third-order valence-electron chi connectivity index (χ3n) is 4.37. The summed E-state index contributed by atoms with van der Waals surface area (Å²) in [5.74, 6) is 0. The summed E-state index contributed by atoms with van der Waals surface area (Å²) in [6.07, 6.45) is 10.8. The van der Waals surface area contributed by atoms with Crippen LogP contribution in [0.4, 0.5) is 0 Å². The van der Waals surface area contributed by atoms with E-state index in [9.17, 15) is 0 Å². The lowest BCUT2D eigenvalue weighted by Crippen LogP contribution is -2.31. The van der Waals surface area contributed by atoms with Crippen LogP contribution in [0.3, 0.4) is 0 Å². The van der Waals surface area contributed by atoms with Crippen LogP contribution >= 0.6 is 0 Å². The molecule has 0 N–H and O–H groups in total. The minimum absolute atomic E-state index is 0.699. The van der Waals surface area contributed by atoms with Crippen LogP contribution in [-0.2, 0) is 0 Å². The summed E-state index contributed by atoms with van der Waals surface area (Å²) in [5.41, 5.74) is 2.61. The van der Waals surface area contributed by atoms with Crippen molar-refractivity contribution in [1.82, 2.24) is 19.9 Å². The molecule has 3 aromatic rings. The molecule has 0 bridgehead atoms. The predicted octanol–water partition coefficient (Wildman–Crippen LogP) is 2.83. The fourth-order valence-electron chi connectivity index (χ4n) is 2.76. The van der Waals surface area contributed by atoms with Gasteiger partial charge in [-0.25, -0.2) is 0 Å². The first-order valence-electron chi connectivity index (χ1n) is 10.3. The van der Waals surface area contributed by atoms with Gasteiger partial charge in [0.2, 0.25) is 0 Å². The first-order chi connectivity index (χ1) is 15.4. The van der Waals surface area contributed by atoms with Crippen LogP contribution < -0.4 is 0 Å². The molecule has 7 nitrogen and oxygen atoms in total. The van der Waals surface area contributed by atoms with Crippen LogP contribution in [0.5, 0.6) is 0 Å². The fraction of sp³-hybridized carbons (Fsp3) is 0.250. The second kappa shape index (κ2) is 13.6. The van der Waals surface area contributed by atoms with E-state index in [0.717, 1.165) is 36.7 Å². The average Bonchev–Trinajstić information content (AvgIpc) is 2.83. The molecule has 3 aromatic heterocycles. The van der Waals surface area contributed by atoms with Crippen molar-refractivity contribution < 1.29 is 0 Å². The lowest BCUT2D eigenvalue weighted by molar-refractivity contribution is 0.298. The zero-order valence-corrected chi connectivity index (χ0v) is 17.5. The van der Waals surface area contributed by atoms with E-state index in [-0.39, 0.29) is 0 Å². The molecule has 3 heterocycles. The van der Waals surface area contributed by atoms with E-state index in [4.69, 9.17) is 0 Å². The Balaban J connectivity index is 1.47. The maximum absolute atomic E-state index is 4.51. The fourth-order valence-corrected chi connectivity index (χ4v) is 2.76. The van der Waals surface area contributed by atoms with Crippen molar-refractivity contribution in [1.29, 1.82) is 0 Å². The van der Waals surface area contributed by atoms with E-state index in [1.807, 2.05) is 73.2 Å². The van der Waals surface area contributed by atoms with Crippen LogP contribution in [0, 0.1) is 0 Å². The smallest absolute Gasteiger partial charge is 0.0807 e. The topological polar surface area (TPSA) is 79.0 Å². The first-order valence-corrected chi connectivity index (χ1v) is 10.3. The van der Waals surface area contributed by atoms with Crippen molar-refractivity contribution in [3.05, 3.63) is 90.3 Å². The third-order valence-corrected chi connectivity index (χ3v) is 4.37. The Bertz CT molecular complexity index is 814. The number of aliphatic imine (C=N–C) groups is 3. The number of hydrogen-bond donors (Lipinski definition) is 0. The summed E-state index contributed by atoms with van der Waals surface area (Å²) in [6, 6.07) is 17.4. The second-order valence-corrected chi connectivity index (χ2v) is 6.71. The molecular formula is C24H27N7. The first kappa shape index (κ1) is 22.1. The van der Waals surface area contributed by atoms with Crippen molar-refractivity contribution in [2.75, 3.05) is 39.3 Å². The van der Waals surface area contributed by atoms with E-state index in [2.05, 4.69) is 34.8 Å². The summed E-state index contributed by atoms with van der Waals surface area (Å²) in [7, 11) is 0. The Morgan fingerprint density at radius 3 is 1.19 bits per heavy atom. The molecule has 0 saturated carbocycles. The molecule has 7 heteroatoms. The zero-order chi connectivity index (χ0) is 21.4. The summed E-state index contributed by atoms with van der Waals surface area (Å²) in [6.45, 7) is 4.60. The molecular weight excluding hydrogens is 386 g/mol. The monoisotopic (exact) mass is 413 g/mol. The molecule has 0 atom stereocenters. The Morgan fingerprint density at radius 1 is 0.548 bits per heavy atom. The highest BCUT2D eigenvalue weighted by molar-refractivity contribution is 5.77. The molecule has 0 aliphatic carbocycles. The largest absolute Gasteiger partial charge is 0.298 e. The SMILES string of the molecule is C(=NCCN(CCN=Cc1ccccn1)CCN=Cc1ccccn1)c1ccccn1. The summed E-state index contributed by atoms with van der Waals surface area (Å²) >= 11 is 0. The van der Waals surface area contributed by atoms with Gasteiger partial charge in [-0.2, -0.15) is 0 Å².